The van der Waals surface area contributed by atoms with Crippen molar-refractivity contribution in [1.29, 1.82) is 0 Å². The van der Waals surface area contributed by atoms with Gasteiger partial charge in [0, 0.05) is 0 Å². The van der Waals surface area contributed by atoms with E-state index in [1.54, 1.807) is 0 Å². The molecule has 0 aliphatic rings. The van der Waals surface area contributed by atoms with Crippen molar-refractivity contribution in [2.75, 3.05) is 19.3 Å². The lowest BCUT2D eigenvalue weighted by atomic mass is 10.4. The molecule has 0 bridgehead atoms. The van der Waals surface area contributed by atoms with Crippen LogP contribution in [0.3, 0.4) is 0 Å². The van der Waals surface area contributed by atoms with E-state index in [9.17, 15) is 4.89 Å². The first kappa shape index (κ1) is 11.0. The molecule has 11 heavy (non-hydrogen) atoms. The molecule has 0 spiro atoms. The molecule has 0 fully saturated rings. The van der Waals surface area contributed by atoms with Gasteiger partial charge in [-0.05, 0) is 0 Å². The largest absolute Gasteiger partial charge is 0.629 e. The fraction of sp³-hybridized carbons (Fsp3) is 0.800. The van der Waals surface area contributed by atoms with Crippen LogP contribution in [0.5, 0.6) is 0 Å². The van der Waals surface area contributed by atoms with Crippen molar-refractivity contribution in [1.82, 2.24) is 0 Å². The van der Waals surface area contributed by atoms with E-state index < -0.39 is 20.5 Å². The molecule has 2 atom stereocenters. The molecule has 0 saturated carbocycles. The molecule has 6 heteroatoms. The zero-order valence-corrected chi connectivity index (χ0v) is 6.87. The van der Waals surface area contributed by atoms with Gasteiger partial charge in [0.15, 0.2) is 0 Å². The summed E-state index contributed by atoms with van der Waals surface area (Å²) in [5, 5.41) is 25.9. The standard InChI is InChI=1S/C5H12NO4P/c6-1-5(9)11(10)3-4(8)2-7/h4,7-9H,1-3,6H2. The first-order chi connectivity index (χ1) is 5.11. The quantitative estimate of drug-likeness (QED) is 0.360. The number of nitrogens with two attached hydrogens (primary N) is 1. The molecule has 0 rings (SSSR count). The van der Waals surface area contributed by atoms with Crippen LogP contribution in [0.25, 0.3) is 0 Å². The molecular weight excluding hydrogens is 169 g/mol. The molecule has 0 aromatic rings. The van der Waals surface area contributed by atoms with Gasteiger partial charge in [0.2, 0.25) is 5.48 Å². The van der Waals surface area contributed by atoms with E-state index in [0.717, 1.165) is 0 Å². The van der Waals surface area contributed by atoms with Crippen LogP contribution in [-0.4, -0.2) is 46.2 Å². The van der Waals surface area contributed by atoms with Crippen LogP contribution in [0.2, 0.25) is 0 Å². The predicted octanol–water partition coefficient (Wildman–Crippen LogP) is -2.44. The van der Waals surface area contributed by atoms with Crippen LogP contribution >= 0.6 is 7.77 Å². The van der Waals surface area contributed by atoms with Crippen molar-refractivity contribution in [3.05, 3.63) is 0 Å². The van der Waals surface area contributed by atoms with Crippen LogP contribution < -0.4 is 10.6 Å². The lowest BCUT2D eigenvalue weighted by Crippen LogP contribution is -2.22. The molecule has 0 amide bonds. The fourth-order valence-corrected chi connectivity index (χ4v) is 1.37. The molecule has 66 valence electrons. The van der Waals surface area contributed by atoms with Gasteiger partial charge in [-0.3, -0.25) is 0 Å². The second-order valence-electron chi connectivity index (χ2n) is 2.02. The van der Waals surface area contributed by atoms with Gasteiger partial charge in [-0.2, -0.15) is 0 Å². The van der Waals surface area contributed by atoms with Crippen LogP contribution in [0.15, 0.2) is 0 Å². The lowest BCUT2D eigenvalue weighted by molar-refractivity contribution is -0.154. The maximum absolute atomic E-state index is 10.9. The van der Waals surface area contributed by atoms with E-state index in [1.807, 2.05) is 0 Å². The summed E-state index contributed by atoms with van der Waals surface area (Å²) in [6.07, 6.45) is -1.19. The average molecular weight is 181 g/mol. The Morgan fingerprint density at radius 2 is 2.18 bits per heavy atom. The highest BCUT2D eigenvalue weighted by atomic mass is 31.1. The van der Waals surface area contributed by atoms with Gasteiger partial charge in [0.05, 0.1) is 20.9 Å². The third-order valence-corrected chi connectivity index (χ3v) is 2.57. The summed E-state index contributed by atoms with van der Waals surface area (Å²) in [7, 11) is -2.00. The molecule has 0 aromatic carbocycles. The minimum Gasteiger partial charge on any atom is -0.629 e. The molecule has 0 aliphatic carbocycles. The highest BCUT2D eigenvalue weighted by Crippen LogP contribution is 2.13. The molecule has 0 saturated heterocycles. The maximum Gasteiger partial charge on any atom is 0.232 e. The first-order valence-electron chi connectivity index (χ1n) is 3.10. The predicted molar refractivity (Wildman–Crippen MR) is 40.9 cm³/mol. The van der Waals surface area contributed by atoms with Gasteiger partial charge in [-0.1, -0.05) is 0 Å². The monoisotopic (exact) mass is 181 g/mol. The summed E-state index contributed by atoms with van der Waals surface area (Å²) >= 11 is 0. The van der Waals surface area contributed by atoms with E-state index in [4.69, 9.17) is 21.1 Å². The molecule has 0 aromatic heterocycles. The summed E-state index contributed by atoms with van der Waals surface area (Å²) in [4.78, 5) is 10.9. The number of hydrogen-bond donors (Lipinski definition) is 4. The molecule has 0 radical (unpaired) electrons. The van der Waals surface area contributed by atoms with E-state index in [-0.39, 0.29) is 18.2 Å². The Bertz CT molecular complexity index is 149. The minimum absolute atomic E-state index is 0.144. The highest BCUT2D eigenvalue weighted by molar-refractivity contribution is 7.51. The zero-order chi connectivity index (χ0) is 8.85. The molecule has 0 heterocycles. The van der Waals surface area contributed by atoms with E-state index in [1.165, 1.54) is 0 Å². The molecule has 5 N–H and O–H groups in total. The fourth-order valence-electron chi connectivity index (χ4n) is 0.456. The molecule has 2 unspecified atom stereocenters. The van der Waals surface area contributed by atoms with Crippen molar-refractivity contribution >= 4 is 13.3 Å². The minimum atomic E-state index is -2.00. The van der Waals surface area contributed by atoms with Gasteiger partial charge < -0.3 is 25.9 Å². The third-order valence-electron chi connectivity index (χ3n) is 1.06. The van der Waals surface area contributed by atoms with Gasteiger partial charge in [-0.15, -0.1) is 0 Å². The number of aliphatic hydroxyl groups is 3. The number of hydrogen-bond acceptors (Lipinski definition) is 4. The van der Waals surface area contributed by atoms with Gasteiger partial charge in [-0.25, -0.2) is 0 Å². The van der Waals surface area contributed by atoms with Crippen molar-refractivity contribution < 1.29 is 20.2 Å². The topological polar surface area (TPSA) is 110 Å². The van der Waals surface area contributed by atoms with E-state index >= 15 is 0 Å². The second-order valence-corrected chi connectivity index (χ2v) is 3.66. The van der Waals surface area contributed by atoms with Crippen LogP contribution in [-0.2, 0) is 0 Å². The van der Waals surface area contributed by atoms with Crippen LogP contribution in [0.1, 0.15) is 0 Å². The Labute approximate surface area is 65.6 Å². The summed E-state index contributed by atoms with van der Waals surface area (Å²) in [6, 6.07) is 0. The smallest absolute Gasteiger partial charge is 0.232 e. The van der Waals surface area contributed by atoms with E-state index in [2.05, 4.69) is 0 Å². The number of rotatable bonds is 4. The summed E-state index contributed by atoms with van der Waals surface area (Å²) in [5.74, 6) is 0. The van der Waals surface area contributed by atoms with Crippen LogP contribution in [0, 0.1) is 0 Å². The van der Waals surface area contributed by atoms with Crippen molar-refractivity contribution in [2.45, 2.75) is 6.10 Å². The van der Waals surface area contributed by atoms with Crippen molar-refractivity contribution in [2.24, 2.45) is 5.73 Å². The third kappa shape index (κ3) is 4.42. The summed E-state index contributed by atoms with van der Waals surface area (Å²) in [5.41, 5.74) is 4.65. The Hall–Kier alpha value is -0.0300. The zero-order valence-electron chi connectivity index (χ0n) is 5.97. The molecule has 5 nitrogen and oxygen atoms in total. The summed E-state index contributed by atoms with van der Waals surface area (Å²) in [6.45, 7) is -0.633. The Kier molecular flexibility index (Phi) is 5.58. The van der Waals surface area contributed by atoms with Gasteiger partial charge >= 0.3 is 0 Å². The SMILES string of the molecule is NC/C(O)=[P+](\[O-])CC(O)CO. The first-order valence-corrected chi connectivity index (χ1v) is 4.54. The highest BCUT2D eigenvalue weighted by Gasteiger charge is 2.11. The van der Waals surface area contributed by atoms with Crippen LogP contribution in [0.4, 0.5) is 0 Å². The Morgan fingerprint density at radius 1 is 1.64 bits per heavy atom. The normalized spacial score (nSPS) is 16.1. The maximum atomic E-state index is 10.9. The molecular formula is C5H12NO4P. The van der Waals surface area contributed by atoms with Crippen molar-refractivity contribution in [3.8, 4) is 0 Å². The molecule has 0 aliphatic heterocycles. The Morgan fingerprint density at radius 3 is 2.55 bits per heavy atom. The average Bonchev–Trinajstić information content (AvgIpc) is 2.02. The lowest BCUT2D eigenvalue weighted by Gasteiger charge is -2.04. The van der Waals surface area contributed by atoms with E-state index in [0.29, 0.717) is 0 Å². The van der Waals surface area contributed by atoms with Gasteiger partial charge in [0.25, 0.3) is 0 Å². The second kappa shape index (κ2) is 5.60. The number of aliphatic hydroxyl groups excluding tert-OH is 3. The van der Waals surface area contributed by atoms with Crippen molar-refractivity contribution in [3.63, 3.8) is 0 Å². The van der Waals surface area contributed by atoms with Gasteiger partial charge in [0.1, 0.15) is 12.3 Å². The summed E-state index contributed by atoms with van der Waals surface area (Å²) < 4.78 is 0. The Balaban J connectivity index is 3.94.